The highest BCUT2D eigenvalue weighted by Crippen LogP contribution is 2.44. The first-order valence-corrected chi connectivity index (χ1v) is 12.1. The Morgan fingerprint density at radius 2 is 1.57 bits per heavy atom. The predicted molar refractivity (Wildman–Crippen MR) is 142 cm³/mol. The van der Waals surface area contributed by atoms with Crippen molar-refractivity contribution in [2.24, 2.45) is 5.92 Å². The number of benzene rings is 3. The fraction of sp³-hybridized carbons (Fsp3) is 0.267. The van der Waals surface area contributed by atoms with E-state index in [1.165, 1.54) is 19.1 Å². The van der Waals surface area contributed by atoms with Gasteiger partial charge in [0.2, 0.25) is 0 Å². The molecule has 37 heavy (non-hydrogen) atoms. The number of hydrogen-bond donors (Lipinski definition) is 1. The summed E-state index contributed by atoms with van der Waals surface area (Å²) in [5, 5.41) is 11.5. The van der Waals surface area contributed by atoms with Gasteiger partial charge >= 0.3 is 0 Å². The van der Waals surface area contributed by atoms with Gasteiger partial charge in [-0.3, -0.25) is 14.5 Å². The molecule has 0 bridgehead atoms. The summed E-state index contributed by atoms with van der Waals surface area (Å²) in [6.07, 6.45) is 0. The smallest absolute Gasteiger partial charge is 0.300 e. The molecule has 1 aliphatic rings. The first kappa shape index (κ1) is 25.8. The van der Waals surface area contributed by atoms with Crippen molar-refractivity contribution in [3.8, 4) is 17.2 Å². The summed E-state index contributed by atoms with van der Waals surface area (Å²) in [5.41, 5.74) is 2.44. The molecule has 7 heteroatoms. The SMILES string of the molecule is COc1ccc(OC)c(/C(O)=C2\C(=O)C(=O)N(c3ccc(C)cc3)C2c2ccc(OCC(C)C)cc2)c1. The van der Waals surface area contributed by atoms with Crippen LogP contribution in [0.3, 0.4) is 0 Å². The van der Waals surface area contributed by atoms with Crippen molar-refractivity contribution in [1.82, 2.24) is 0 Å². The van der Waals surface area contributed by atoms with Gasteiger partial charge in [-0.1, -0.05) is 43.7 Å². The highest BCUT2D eigenvalue weighted by molar-refractivity contribution is 6.51. The van der Waals surface area contributed by atoms with E-state index in [1.807, 2.05) is 31.2 Å². The summed E-state index contributed by atoms with van der Waals surface area (Å²) in [4.78, 5) is 28.3. The first-order chi connectivity index (χ1) is 17.7. The van der Waals surface area contributed by atoms with Crippen molar-refractivity contribution in [3.05, 3.63) is 89.0 Å². The molecule has 0 radical (unpaired) electrons. The van der Waals surface area contributed by atoms with Crippen LogP contribution in [0.15, 0.2) is 72.3 Å². The molecule has 1 saturated heterocycles. The van der Waals surface area contributed by atoms with Gasteiger partial charge in [0, 0.05) is 5.69 Å². The number of rotatable bonds is 8. The summed E-state index contributed by atoms with van der Waals surface area (Å²) in [6, 6.07) is 18.6. The molecule has 4 rings (SSSR count). The summed E-state index contributed by atoms with van der Waals surface area (Å²) < 4.78 is 16.6. The number of aliphatic hydroxyl groups is 1. The minimum atomic E-state index is -0.863. The van der Waals surface area contributed by atoms with Gasteiger partial charge < -0.3 is 19.3 Å². The van der Waals surface area contributed by atoms with Gasteiger partial charge in [0.15, 0.2) is 0 Å². The van der Waals surface area contributed by atoms with E-state index in [1.54, 1.807) is 42.5 Å². The van der Waals surface area contributed by atoms with Crippen LogP contribution in [0, 0.1) is 12.8 Å². The maximum Gasteiger partial charge on any atom is 0.300 e. The minimum absolute atomic E-state index is 0.0343. The number of amides is 1. The van der Waals surface area contributed by atoms with Gasteiger partial charge in [-0.25, -0.2) is 0 Å². The molecule has 7 nitrogen and oxygen atoms in total. The Balaban J connectivity index is 1.89. The number of Topliss-reactive ketones (excluding diaryl/α,β-unsaturated/α-hetero) is 1. The van der Waals surface area contributed by atoms with E-state index < -0.39 is 17.7 Å². The largest absolute Gasteiger partial charge is 0.507 e. The zero-order valence-electron chi connectivity index (χ0n) is 21.6. The monoisotopic (exact) mass is 501 g/mol. The van der Waals surface area contributed by atoms with Crippen LogP contribution in [0.1, 0.15) is 36.6 Å². The third-order valence-electron chi connectivity index (χ3n) is 6.20. The Bertz CT molecular complexity index is 1330. The molecule has 192 valence electrons. The Morgan fingerprint density at radius 3 is 2.16 bits per heavy atom. The molecule has 0 aromatic heterocycles. The van der Waals surface area contributed by atoms with E-state index in [4.69, 9.17) is 14.2 Å². The molecule has 3 aromatic rings. The molecule has 3 aromatic carbocycles. The number of nitrogens with zero attached hydrogens (tertiary/aromatic N) is 1. The first-order valence-electron chi connectivity index (χ1n) is 12.1. The lowest BCUT2D eigenvalue weighted by atomic mass is 9.94. The van der Waals surface area contributed by atoms with Gasteiger partial charge in [-0.15, -0.1) is 0 Å². The summed E-state index contributed by atoms with van der Waals surface area (Å²) in [7, 11) is 2.97. The van der Waals surface area contributed by atoms with Crippen LogP contribution in [0.5, 0.6) is 17.2 Å². The molecule has 1 heterocycles. The number of carbonyl (C=O) groups is 2. The fourth-order valence-electron chi connectivity index (χ4n) is 4.27. The quantitative estimate of drug-likeness (QED) is 0.243. The Morgan fingerprint density at radius 1 is 0.919 bits per heavy atom. The number of ketones is 1. The zero-order valence-corrected chi connectivity index (χ0v) is 21.6. The van der Waals surface area contributed by atoms with E-state index in [0.29, 0.717) is 41.0 Å². The van der Waals surface area contributed by atoms with Crippen molar-refractivity contribution in [3.63, 3.8) is 0 Å². The number of aliphatic hydroxyl groups excluding tert-OH is 1. The van der Waals surface area contributed by atoms with Crippen LogP contribution in [0.25, 0.3) is 5.76 Å². The van der Waals surface area contributed by atoms with Crippen LogP contribution >= 0.6 is 0 Å². The molecule has 1 unspecified atom stereocenters. The number of anilines is 1. The van der Waals surface area contributed by atoms with Gasteiger partial charge in [-0.05, 0) is 60.9 Å². The fourth-order valence-corrected chi connectivity index (χ4v) is 4.27. The van der Waals surface area contributed by atoms with Crippen molar-refractivity contribution >= 4 is 23.1 Å². The Hall–Kier alpha value is -4.26. The highest BCUT2D eigenvalue weighted by atomic mass is 16.5. The van der Waals surface area contributed by atoms with Crippen LogP contribution in [-0.4, -0.2) is 37.6 Å². The van der Waals surface area contributed by atoms with Gasteiger partial charge in [0.25, 0.3) is 11.7 Å². The predicted octanol–water partition coefficient (Wildman–Crippen LogP) is 5.67. The van der Waals surface area contributed by atoms with E-state index in [0.717, 1.165) is 5.56 Å². The molecule has 0 spiro atoms. The second-order valence-electron chi connectivity index (χ2n) is 9.34. The maximum atomic E-state index is 13.4. The highest BCUT2D eigenvalue weighted by Gasteiger charge is 2.47. The molecular formula is C30H31NO6. The molecule has 1 aliphatic heterocycles. The number of hydrogen-bond acceptors (Lipinski definition) is 6. The Kier molecular flexibility index (Phi) is 7.53. The van der Waals surface area contributed by atoms with Crippen molar-refractivity contribution in [2.45, 2.75) is 26.8 Å². The van der Waals surface area contributed by atoms with Crippen LogP contribution in [-0.2, 0) is 9.59 Å². The normalized spacial score (nSPS) is 16.8. The topological polar surface area (TPSA) is 85.3 Å². The van der Waals surface area contributed by atoms with Crippen LogP contribution < -0.4 is 19.1 Å². The summed E-state index contributed by atoms with van der Waals surface area (Å²) in [6.45, 7) is 6.64. The summed E-state index contributed by atoms with van der Waals surface area (Å²) >= 11 is 0. The lowest BCUT2D eigenvalue weighted by molar-refractivity contribution is -0.132. The average Bonchev–Trinajstić information content (AvgIpc) is 3.17. The molecule has 0 aliphatic carbocycles. The molecule has 1 atom stereocenters. The van der Waals surface area contributed by atoms with Gasteiger partial charge in [0.1, 0.15) is 23.0 Å². The second kappa shape index (κ2) is 10.8. The standard InChI is InChI=1S/C30H31NO6/c1-18(2)17-37-22-12-8-20(9-13-22)27-26(28(32)24-16-23(35-4)14-15-25(24)36-5)29(33)30(34)31(27)21-10-6-19(3)7-11-21/h6-16,18,27,32H,17H2,1-5H3/b28-26+. The second-order valence-corrected chi connectivity index (χ2v) is 9.34. The van der Waals surface area contributed by atoms with Gasteiger partial charge in [0.05, 0.1) is 38.0 Å². The zero-order chi connectivity index (χ0) is 26.7. The minimum Gasteiger partial charge on any atom is -0.507 e. The maximum absolute atomic E-state index is 13.4. The van der Waals surface area contributed by atoms with Crippen molar-refractivity contribution in [2.75, 3.05) is 25.7 Å². The van der Waals surface area contributed by atoms with E-state index in [2.05, 4.69) is 13.8 Å². The number of carbonyl (C=O) groups excluding carboxylic acids is 2. The van der Waals surface area contributed by atoms with E-state index in [-0.39, 0.29) is 16.9 Å². The van der Waals surface area contributed by atoms with E-state index in [9.17, 15) is 14.7 Å². The summed E-state index contributed by atoms with van der Waals surface area (Å²) in [5.74, 6) is 0.0129. The lowest BCUT2D eigenvalue weighted by Gasteiger charge is -2.26. The molecule has 1 amide bonds. The Labute approximate surface area is 216 Å². The van der Waals surface area contributed by atoms with Crippen LogP contribution in [0.4, 0.5) is 5.69 Å². The third kappa shape index (κ3) is 5.16. The number of aryl methyl sites for hydroxylation is 1. The van der Waals surface area contributed by atoms with Crippen molar-refractivity contribution < 1.29 is 28.9 Å². The molecule has 0 saturated carbocycles. The molecular weight excluding hydrogens is 470 g/mol. The average molecular weight is 502 g/mol. The van der Waals surface area contributed by atoms with Gasteiger partial charge in [-0.2, -0.15) is 0 Å². The molecule has 1 N–H and O–H groups in total. The number of methoxy groups -OCH3 is 2. The van der Waals surface area contributed by atoms with E-state index >= 15 is 0 Å². The molecule has 1 fully saturated rings. The van der Waals surface area contributed by atoms with Crippen LogP contribution in [0.2, 0.25) is 0 Å². The van der Waals surface area contributed by atoms with Crippen molar-refractivity contribution in [1.29, 1.82) is 0 Å². The lowest BCUT2D eigenvalue weighted by Crippen LogP contribution is -2.29. The third-order valence-corrected chi connectivity index (χ3v) is 6.20. The number of ether oxygens (including phenoxy) is 3.